The summed E-state index contributed by atoms with van der Waals surface area (Å²) in [6.45, 7) is 3.62. The van der Waals surface area contributed by atoms with E-state index >= 15 is 0 Å². The molecule has 0 aliphatic carbocycles. The standard InChI is InChI=1S/C14H16N4OS/c1-9-6-11-7-12(17-14(20-3)16-8-15)4-5-13(11)18(9)10(2)19/h4-5,7,9H,6H2,1-3H3,(H,16,17). The highest BCUT2D eigenvalue weighted by molar-refractivity contribution is 8.13. The number of anilines is 1. The Morgan fingerprint density at radius 1 is 1.60 bits per heavy atom. The second-order valence-corrected chi connectivity index (χ2v) is 5.41. The molecule has 0 spiro atoms. The van der Waals surface area contributed by atoms with E-state index in [4.69, 9.17) is 5.26 Å². The van der Waals surface area contributed by atoms with Crippen molar-refractivity contribution >= 4 is 34.2 Å². The van der Waals surface area contributed by atoms with Gasteiger partial charge in [-0.15, -0.1) is 0 Å². The first-order chi connectivity index (χ1) is 9.56. The molecule has 2 rings (SSSR count). The van der Waals surface area contributed by atoms with E-state index in [9.17, 15) is 4.79 Å². The van der Waals surface area contributed by atoms with E-state index in [1.54, 1.807) is 6.92 Å². The van der Waals surface area contributed by atoms with E-state index in [-0.39, 0.29) is 11.9 Å². The third-order valence-electron chi connectivity index (χ3n) is 3.20. The summed E-state index contributed by atoms with van der Waals surface area (Å²) in [5, 5.41) is 11.7. The van der Waals surface area contributed by atoms with Gasteiger partial charge in [-0.25, -0.2) is 4.99 Å². The quantitative estimate of drug-likeness (QED) is 0.373. The van der Waals surface area contributed by atoms with Gasteiger partial charge in [-0.2, -0.15) is 5.26 Å². The Kier molecular flexibility index (Phi) is 4.30. The van der Waals surface area contributed by atoms with Crippen LogP contribution in [0.2, 0.25) is 0 Å². The molecule has 0 fully saturated rings. The number of hydrogen-bond acceptors (Lipinski definition) is 4. The Labute approximate surface area is 122 Å². The molecule has 1 aromatic carbocycles. The number of amidine groups is 1. The molecule has 1 amide bonds. The number of rotatable bonds is 1. The summed E-state index contributed by atoms with van der Waals surface area (Å²) < 4.78 is 0. The van der Waals surface area contributed by atoms with Crippen molar-refractivity contribution < 1.29 is 4.79 Å². The van der Waals surface area contributed by atoms with E-state index in [1.807, 2.05) is 42.5 Å². The molecular weight excluding hydrogens is 272 g/mol. The predicted octanol–water partition coefficient (Wildman–Crippen LogP) is 2.41. The average molecular weight is 288 g/mol. The van der Waals surface area contributed by atoms with E-state index in [1.165, 1.54) is 11.8 Å². The molecule has 0 bridgehead atoms. The van der Waals surface area contributed by atoms with Gasteiger partial charge in [0.05, 0.1) is 5.69 Å². The van der Waals surface area contributed by atoms with E-state index in [0.29, 0.717) is 5.17 Å². The predicted molar refractivity (Wildman–Crippen MR) is 82.1 cm³/mol. The number of benzene rings is 1. The molecule has 5 nitrogen and oxygen atoms in total. The summed E-state index contributed by atoms with van der Waals surface area (Å²) in [5.74, 6) is 0.0588. The molecule has 0 aromatic heterocycles. The fourth-order valence-corrected chi connectivity index (χ4v) is 2.80. The van der Waals surface area contributed by atoms with Gasteiger partial charge in [-0.3, -0.25) is 10.1 Å². The minimum atomic E-state index is 0.0588. The lowest BCUT2D eigenvalue weighted by Gasteiger charge is -2.20. The van der Waals surface area contributed by atoms with Crippen LogP contribution >= 0.6 is 11.8 Å². The normalized spacial score (nSPS) is 17.6. The van der Waals surface area contributed by atoms with Crippen LogP contribution in [0.25, 0.3) is 0 Å². The third kappa shape index (κ3) is 2.78. The highest BCUT2D eigenvalue weighted by atomic mass is 32.2. The molecule has 0 saturated heterocycles. The number of carbonyl (C=O) groups excluding carboxylic acids is 1. The van der Waals surface area contributed by atoms with Crippen molar-refractivity contribution in [1.82, 2.24) is 5.32 Å². The van der Waals surface area contributed by atoms with Crippen LogP contribution < -0.4 is 10.2 Å². The zero-order valence-corrected chi connectivity index (χ0v) is 12.5. The van der Waals surface area contributed by atoms with Crippen LogP contribution in [0, 0.1) is 11.5 Å². The Hall–Kier alpha value is -2.00. The fraction of sp³-hybridized carbons (Fsp3) is 0.357. The molecule has 1 unspecified atom stereocenters. The van der Waals surface area contributed by atoms with Crippen LogP contribution in [0.15, 0.2) is 23.2 Å². The Morgan fingerprint density at radius 3 is 2.95 bits per heavy atom. The maximum absolute atomic E-state index is 11.7. The maximum Gasteiger partial charge on any atom is 0.224 e. The molecule has 104 valence electrons. The number of nitrogens with one attached hydrogen (secondary N) is 1. The van der Waals surface area contributed by atoms with Crippen LogP contribution in [0.5, 0.6) is 0 Å². The topological polar surface area (TPSA) is 68.5 Å². The first-order valence-corrected chi connectivity index (χ1v) is 7.49. The molecule has 1 aliphatic heterocycles. The molecule has 1 heterocycles. The molecule has 0 saturated carbocycles. The summed E-state index contributed by atoms with van der Waals surface area (Å²) in [5.41, 5.74) is 2.86. The SMILES string of the molecule is CSC(=Nc1ccc2c(c1)CC(C)N2C(C)=O)NC#N. The monoisotopic (exact) mass is 288 g/mol. The number of nitriles is 1. The minimum absolute atomic E-state index is 0.0588. The second-order valence-electron chi connectivity index (χ2n) is 4.61. The van der Waals surface area contributed by atoms with Crippen LogP contribution in [-0.2, 0) is 11.2 Å². The lowest BCUT2D eigenvalue weighted by Crippen LogP contribution is -2.33. The third-order valence-corrected chi connectivity index (χ3v) is 3.78. The second kappa shape index (κ2) is 5.97. The molecule has 1 aromatic rings. The fourth-order valence-electron chi connectivity index (χ4n) is 2.46. The summed E-state index contributed by atoms with van der Waals surface area (Å²) >= 11 is 1.38. The lowest BCUT2D eigenvalue weighted by molar-refractivity contribution is -0.116. The molecule has 0 radical (unpaired) electrons. The number of amides is 1. The highest BCUT2D eigenvalue weighted by Gasteiger charge is 2.28. The van der Waals surface area contributed by atoms with Gasteiger partial charge in [-0.05, 0) is 43.4 Å². The van der Waals surface area contributed by atoms with Crippen molar-refractivity contribution in [2.24, 2.45) is 4.99 Å². The van der Waals surface area contributed by atoms with Crippen molar-refractivity contribution in [1.29, 1.82) is 5.26 Å². The van der Waals surface area contributed by atoms with Gasteiger partial charge in [0, 0.05) is 18.7 Å². The summed E-state index contributed by atoms with van der Waals surface area (Å²) in [7, 11) is 0. The Bertz CT molecular complexity index is 606. The van der Waals surface area contributed by atoms with Crippen LogP contribution in [0.1, 0.15) is 19.4 Å². The van der Waals surface area contributed by atoms with Crippen molar-refractivity contribution in [2.75, 3.05) is 11.2 Å². The van der Waals surface area contributed by atoms with Crippen LogP contribution in [-0.4, -0.2) is 23.4 Å². The number of aliphatic imine (C=N–C) groups is 1. The summed E-state index contributed by atoms with van der Waals surface area (Å²) in [4.78, 5) is 17.9. The molecule has 1 atom stereocenters. The van der Waals surface area contributed by atoms with E-state index in [0.717, 1.165) is 23.4 Å². The zero-order valence-electron chi connectivity index (χ0n) is 11.7. The minimum Gasteiger partial charge on any atom is -0.309 e. The van der Waals surface area contributed by atoms with E-state index < -0.39 is 0 Å². The number of thioether (sulfide) groups is 1. The zero-order chi connectivity index (χ0) is 14.7. The van der Waals surface area contributed by atoms with Gasteiger partial charge < -0.3 is 4.90 Å². The van der Waals surface area contributed by atoms with Crippen molar-refractivity contribution in [3.8, 4) is 6.19 Å². The van der Waals surface area contributed by atoms with E-state index in [2.05, 4.69) is 10.3 Å². The van der Waals surface area contributed by atoms with Crippen molar-refractivity contribution in [2.45, 2.75) is 26.3 Å². The van der Waals surface area contributed by atoms with Crippen molar-refractivity contribution in [3.05, 3.63) is 23.8 Å². The lowest BCUT2D eigenvalue weighted by atomic mass is 10.1. The Morgan fingerprint density at radius 2 is 2.35 bits per heavy atom. The molecular formula is C14H16N4OS. The first kappa shape index (κ1) is 14.4. The number of nitrogens with zero attached hydrogens (tertiary/aromatic N) is 3. The molecule has 1 aliphatic rings. The largest absolute Gasteiger partial charge is 0.309 e. The van der Waals surface area contributed by atoms with Gasteiger partial charge in [-0.1, -0.05) is 11.8 Å². The molecule has 1 N–H and O–H groups in total. The number of carbonyl (C=O) groups is 1. The highest BCUT2D eigenvalue weighted by Crippen LogP contribution is 2.34. The van der Waals surface area contributed by atoms with Crippen LogP contribution in [0.3, 0.4) is 0 Å². The molecule has 6 heteroatoms. The van der Waals surface area contributed by atoms with Gasteiger partial charge in [0.1, 0.15) is 0 Å². The number of fused-ring (bicyclic) bond motifs is 1. The average Bonchev–Trinajstić information content (AvgIpc) is 2.73. The Balaban J connectivity index is 2.33. The smallest absolute Gasteiger partial charge is 0.224 e. The summed E-state index contributed by atoms with van der Waals surface area (Å²) in [6.07, 6.45) is 4.55. The van der Waals surface area contributed by atoms with Gasteiger partial charge >= 0.3 is 0 Å². The molecule has 20 heavy (non-hydrogen) atoms. The van der Waals surface area contributed by atoms with Gasteiger partial charge in [0.25, 0.3) is 0 Å². The van der Waals surface area contributed by atoms with Crippen molar-refractivity contribution in [3.63, 3.8) is 0 Å². The van der Waals surface area contributed by atoms with Gasteiger partial charge in [0.15, 0.2) is 11.4 Å². The summed E-state index contributed by atoms with van der Waals surface area (Å²) in [6, 6.07) is 5.94. The van der Waals surface area contributed by atoms with Crippen LogP contribution in [0.4, 0.5) is 11.4 Å². The first-order valence-electron chi connectivity index (χ1n) is 6.27. The maximum atomic E-state index is 11.7. The number of hydrogen-bond donors (Lipinski definition) is 1. The van der Waals surface area contributed by atoms with Gasteiger partial charge in [0.2, 0.25) is 5.91 Å².